The number of hydrogen-bond donors (Lipinski definition) is 0. The summed E-state index contributed by atoms with van der Waals surface area (Å²) in [7, 11) is 0. The molecule has 0 radical (unpaired) electrons. The summed E-state index contributed by atoms with van der Waals surface area (Å²) in [5.74, 6) is 1.65. The molecule has 3 nitrogen and oxygen atoms in total. The molecule has 0 unspecified atom stereocenters. The van der Waals surface area contributed by atoms with Crippen LogP contribution in [-0.4, -0.2) is 22.3 Å². The Balaban J connectivity index is 2.07. The van der Waals surface area contributed by atoms with Crippen molar-refractivity contribution in [1.82, 2.24) is 9.78 Å². The van der Waals surface area contributed by atoms with E-state index in [-0.39, 0.29) is 0 Å². The summed E-state index contributed by atoms with van der Waals surface area (Å²) < 4.78 is 7.52. The zero-order valence-electron chi connectivity index (χ0n) is 9.99. The van der Waals surface area contributed by atoms with Crippen LogP contribution in [0.1, 0.15) is 39.0 Å². The van der Waals surface area contributed by atoms with Gasteiger partial charge in [0.25, 0.3) is 0 Å². The number of rotatable bonds is 9. The number of unbranched alkanes of at least 4 members (excludes halogenated alkanes) is 3. The highest BCUT2D eigenvalue weighted by atomic mass is 35.5. The molecule has 16 heavy (non-hydrogen) atoms. The second kappa shape index (κ2) is 8.45. The van der Waals surface area contributed by atoms with Crippen molar-refractivity contribution >= 4 is 11.6 Å². The number of nitrogens with zero attached hydrogens (tertiary/aromatic N) is 2. The smallest absolute Gasteiger partial charge is 0.157 e. The number of halogens is 1. The van der Waals surface area contributed by atoms with Crippen LogP contribution in [0.4, 0.5) is 0 Å². The molecule has 0 aliphatic heterocycles. The molecule has 0 aliphatic carbocycles. The van der Waals surface area contributed by atoms with Gasteiger partial charge in [-0.15, -0.1) is 11.6 Å². The van der Waals surface area contributed by atoms with E-state index in [9.17, 15) is 0 Å². The summed E-state index contributed by atoms with van der Waals surface area (Å²) in [4.78, 5) is 0. The molecule has 92 valence electrons. The van der Waals surface area contributed by atoms with E-state index in [1.54, 1.807) is 6.20 Å². The predicted octanol–water partition coefficient (Wildman–Crippen LogP) is 3.47. The van der Waals surface area contributed by atoms with Crippen LogP contribution in [0.15, 0.2) is 12.4 Å². The SMILES string of the molecule is CCCn1cc(OCCCCCCCl)cn1. The Morgan fingerprint density at radius 2 is 2.12 bits per heavy atom. The third kappa shape index (κ3) is 5.40. The first-order valence-electron chi connectivity index (χ1n) is 6.08. The van der Waals surface area contributed by atoms with Crippen LogP contribution < -0.4 is 4.74 Å². The Bertz CT molecular complexity index is 276. The van der Waals surface area contributed by atoms with Crippen LogP contribution in [0.5, 0.6) is 5.75 Å². The number of ether oxygens (including phenoxy) is 1. The molecule has 0 atom stereocenters. The van der Waals surface area contributed by atoms with E-state index in [4.69, 9.17) is 16.3 Å². The largest absolute Gasteiger partial charge is 0.490 e. The molecule has 1 aromatic heterocycles. The molecule has 1 rings (SSSR count). The number of hydrogen-bond acceptors (Lipinski definition) is 2. The van der Waals surface area contributed by atoms with Crippen LogP contribution in [-0.2, 0) is 6.54 Å². The van der Waals surface area contributed by atoms with Crippen molar-refractivity contribution < 1.29 is 4.74 Å². The summed E-state index contributed by atoms with van der Waals surface area (Å²) in [6.07, 6.45) is 9.43. The van der Waals surface area contributed by atoms with E-state index in [1.165, 1.54) is 12.8 Å². The summed E-state index contributed by atoms with van der Waals surface area (Å²) in [5, 5.41) is 4.21. The van der Waals surface area contributed by atoms with Crippen LogP contribution in [0, 0.1) is 0 Å². The lowest BCUT2D eigenvalue weighted by molar-refractivity contribution is 0.304. The van der Waals surface area contributed by atoms with Gasteiger partial charge in [-0.3, -0.25) is 4.68 Å². The van der Waals surface area contributed by atoms with Gasteiger partial charge in [0.2, 0.25) is 0 Å². The van der Waals surface area contributed by atoms with Crippen molar-refractivity contribution in [3.8, 4) is 5.75 Å². The highest BCUT2D eigenvalue weighted by molar-refractivity contribution is 6.17. The van der Waals surface area contributed by atoms with Gasteiger partial charge in [-0.2, -0.15) is 5.10 Å². The first-order chi connectivity index (χ1) is 7.86. The van der Waals surface area contributed by atoms with Gasteiger partial charge >= 0.3 is 0 Å². The van der Waals surface area contributed by atoms with Gasteiger partial charge in [0, 0.05) is 12.4 Å². The van der Waals surface area contributed by atoms with Crippen molar-refractivity contribution in [2.45, 2.75) is 45.6 Å². The Morgan fingerprint density at radius 3 is 2.88 bits per heavy atom. The Morgan fingerprint density at radius 1 is 1.31 bits per heavy atom. The lowest BCUT2D eigenvalue weighted by Crippen LogP contribution is -1.97. The maximum Gasteiger partial charge on any atom is 0.157 e. The van der Waals surface area contributed by atoms with E-state index in [1.807, 2.05) is 10.9 Å². The maximum atomic E-state index is 5.60. The fraction of sp³-hybridized carbons (Fsp3) is 0.750. The summed E-state index contributed by atoms with van der Waals surface area (Å²) in [5.41, 5.74) is 0. The average molecular weight is 245 g/mol. The predicted molar refractivity (Wildman–Crippen MR) is 67.2 cm³/mol. The quantitative estimate of drug-likeness (QED) is 0.491. The second-order valence-electron chi connectivity index (χ2n) is 3.89. The molecule has 4 heteroatoms. The highest BCUT2D eigenvalue weighted by Gasteiger charge is 1.98. The lowest BCUT2D eigenvalue weighted by atomic mass is 10.2. The molecule has 0 aromatic carbocycles. The molecular formula is C12H21ClN2O. The van der Waals surface area contributed by atoms with Crippen LogP contribution in [0.2, 0.25) is 0 Å². The van der Waals surface area contributed by atoms with Gasteiger partial charge in [0.15, 0.2) is 5.75 Å². The first kappa shape index (κ1) is 13.4. The Labute approximate surface area is 103 Å². The van der Waals surface area contributed by atoms with Gasteiger partial charge in [-0.1, -0.05) is 19.8 Å². The Kier molecular flexibility index (Phi) is 7.06. The van der Waals surface area contributed by atoms with E-state index in [0.717, 1.165) is 44.0 Å². The standard InChI is InChI=1S/C12H21ClN2O/c1-2-8-15-11-12(10-14-15)16-9-6-4-3-5-7-13/h10-11H,2-9H2,1H3. The zero-order chi connectivity index (χ0) is 11.6. The second-order valence-corrected chi connectivity index (χ2v) is 4.27. The minimum Gasteiger partial charge on any atom is -0.490 e. The van der Waals surface area contributed by atoms with Crippen molar-refractivity contribution in [3.63, 3.8) is 0 Å². The van der Waals surface area contributed by atoms with Gasteiger partial charge in [-0.25, -0.2) is 0 Å². The van der Waals surface area contributed by atoms with Crippen LogP contribution in [0.3, 0.4) is 0 Å². The molecule has 0 N–H and O–H groups in total. The molecule has 0 bridgehead atoms. The molecule has 0 saturated heterocycles. The van der Waals surface area contributed by atoms with Crippen molar-refractivity contribution in [2.24, 2.45) is 0 Å². The summed E-state index contributed by atoms with van der Waals surface area (Å²) >= 11 is 5.60. The van der Waals surface area contributed by atoms with Gasteiger partial charge < -0.3 is 4.74 Å². The van der Waals surface area contributed by atoms with Gasteiger partial charge in [0.1, 0.15) is 0 Å². The Hall–Kier alpha value is -0.700. The third-order valence-corrected chi connectivity index (χ3v) is 2.63. The normalized spacial score (nSPS) is 10.6. The lowest BCUT2D eigenvalue weighted by Gasteiger charge is -2.02. The van der Waals surface area contributed by atoms with Gasteiger partial charge in [-0.05, 0) is 19.3 Å². The van der Waals surface area contributed by atoms with Gasteiger partial charge in [0.05, 0.1) is 19.0 Å². The van der Waals surface area contributed by atoms with Crippen molar-refractivity contribution in [3.05, 3.63) is 12.4 Å². The maximum absolute atomic E-state index is 5.60. The van der Waals surface area contributed by atoms with Crippen molar-refractivity contribution in [1.29, 1.82) is 0 Å². The minimum absolute atomic E-state index is 0.768. The fourth-order valence-electron chi connectivity index (χ4n) is 1.51. The minimum atomic E-state index is 0.768. The number of aryl methyl sites for hydroxylation is 1. The highest BCUT2D eigenvalue weighted by Crippen LogP contribution is 2.10. The topological polar surface area (TPSA) is 27.1 Å². The number of alkyl halides is 1. The molecule has 0 saturated carbocycles. The first-order valence-corrected chi connectivity index (χ1v) is 6.61. The fourth-order valence-corrected chi connectivity index (χ4v) is 1.70. The monoisotopic (exact) mass is 244 g/mol. The molecule has 1 heterocycles. The van der Waals surface area contributed by atoms with Crippen LogP contribution in [0.25, 0.3) is 0 Å². The molecule has 0 aliphatic rings. The van der Waals surface area contributed by atoms with E-state index in [0.29, 0.717) is 0 Å². The summed E-state index contributed by atoms with van der Waals surface area (Å²) in [6.45, 7) is 3.87. The van der Waals surface area contributed by atoms with Crippen LogP contribution >= 0.6 is 11.6 Å². The third-order valence-electron chi connectivity index (χ3n) is 2.36. The molecule has 0 spiro atoms. The zero-order valence-corrected chi connectivity index (χ0v) is 10.7. The summed E-state index contributed by atoms with van der Waals surface area (Å²) in [6, 6.07) is 0. The molecule has 0 amide bonds. The molecule has 1 aromatic rings. The van der Waals surface area contributed by atoms with E-state index >= 15 is 0 Å². The van der Waals surface area contributed by atoms with E-state index in [2.05, 4.69) is 12.0 Å². The van der Waals surface area contributed by atoms with Crippen molar-refractivity contribution in [2.75, 3.05) is 12.5 Å². The molecular weight excluding hydrogens is 224 g/mol. The average Bonchev–Trinajstić information content (AvgIpc) is 2.72. The number of aromatic nitrogens is 2. The molecule has 0 fully saturated rings. The van der Waals surface area contributed by atoms with E-state index < -0.39 is 0 Å².